The molecule has 0 aromatic heterocycles. The molecule has 1 unspecified atom stereocenters. The molecule has 0 radical (unpaired) electrons. The molecule has 1 atom stereocenters. The van der Waals surface area contributed by atoms with Crippen molar-refractivity contribution in [2.75, 3.05) is 0 Å². The van der Waals surface area contributed by atoms with Crippen LogP contribution in [-0.4, -0.2) is 24.0 Å². The van der Waals surface area contributed by atoms with E-state index in [0.717, 1.165) is 0 Å². The normalized spacial score (nSPS) is 12.4. The Bertz CT molecular complexity index is 491. The third-order valence-electron chi connectivity index (χ3n) is 2.04. The fraction of sp³-hybridized carbons (Fsp3) is 0.333. The summed E-state index contributed by atoms with van der Waals surface area (Å²) in [6.45, 7) is 2.82. The molecule has 0 saturated heterocycles. The second kappa shape index (κ2) is 5.81. The van der Waals surface area contributed by atoms with Crippen molar-refractivity contribution < 1.29 is 31.9 Å². The molecule has 0 fully saturated rings. The molecule has 1 aromatic rings. The molecule has 0 saturated carbocycles. The molecule has 19 heavy (non-hydrogen) atoms. The van der Waals surface area contributed by atoms with Gasteiger partial charge < -0.3 is 4.74 Å². The topological polar surface area (TPSA) is 43.4 Å². The molecule has 0 aliphatic rings. The van der Waals surface area contributed by atoms with Crippen molar-refractivity contribution in [2.24, 2.45) is 0 Å². The largest absolute Gasteiger partial charge is 0.460 e. The number of alkyl halides is 1. The van der Waals surface area contributed by atoms with Crippen molar-refractivity contribution in [2.45, 2.75) is 26.1 Å². The first kappa shape index (κ1) is 15.1. The van der Waals surface area contributed by atoms with Gasteiger partial charge >= 0.3 is 5.97 Å². The lowest BCUT2D eigenvalue weighted by atomic mass is 10.1. The van der Waals surface area contributed by atoms with Gasteiger partial charge in [-0.3, -0.25) is 4.79 Å². The van der Waals surface area contributed by atoms with E-state index in [4.69, 9.17) is 0 Å². The summed E-state index contributed by atoms with van der Waals surface area (Å²) in [5.41, 5.74) is -1.31. The number of ketones is 1. The van der Waals surface area contributed by atoms with E-state index in [9.17, 15) is 27.2 Å². The third kappa shape index (κ3) is 3.52. The van der Waals surface area contributed by atoms with Crippen molar-refractivity contribution in [1.29, 1.82) is 0 Å². The first-order chi connectivity index (χ1) is 8.73. The highest BCUT2D eigenvalue weighted by atomic mass is 19.2. The van der Waals surface area contributed by atoms with Crippen LogP contribution in [0.2, 0.25) is 0 Å². The molecule has 0 spiro atoms. The van der Waals surface area contributed by atoms with Crippen molar-refractivity contribution in [3.8, 4) is 0 Å². The van der Waals surface area contributed by atoms with Crippen LogP contribution in [0.4, 0.5) is 17.6 Å². The lowest BCUT2D eigenvalue weighted by Crippen LogP contribution is -2.31. The van der Waals surface area contributed by atoms with Crippen molar-refractivity contribution in [3.63, 3.8) is 0 Å². The molecule has 7 heteroatoms. The predicted molar refractivity (Wildman–Crippen MR) is 56.8 cm³/mol. The summed E-state index contributed by atoms with van der Waals surface area (Å²) in [4.78, 5) is 22.6. The Labute approximate surface area is 106 Å². The van der Waals surface area contributed by atoms with Crippen LogP contribution in [0.3, 0.4) is 0 Å². The molecule has 1 rings (SSSR count). The van der Waals surface area contributed by atoms with Gasteiger partial charge in [0.25, 0.3) is 6.17 Å². The minimum atomic E-state index is -2.86. The molecule has 3 nitrogen and oxygen atoms in total. The molecule has 0 aliphatic heterocycles. The molecule has 0 heterocycles. The number of Topliss-reactive ketones (excluding diaryl/α,β-unsaturated/α-hetero) is 1. The monoisotopic (exact) mass is 278 g/mol. The van der Waals surface area contributed by atoms with Crippen molar-refractivity contribution in [1.82, 2.24) is 0 Å². The van der Waals surface area contributed by atoms with Gasteiger partial charge in [0.1, 0.15) is 17.5 Å². The second-order valence-corrected chi connectivity index (χ2v) is 3.96. The Balaban J connectivity index is 3.04. The highest BCUT2D eigenvalue weighted by molar-refractivity contribution is 6.11. The minimum Gasteiger partial charge on any atom is -0.460 e. The smallest absolute Gasteiger partial charge is 0.349 e. The number of hydrogen-bond donors (Lipinski definition) is 0. The zero-order valence-corrected chi connectivity index (χ0v) is 10.0. The summed E-state index contributed by atoms with van der Waals surface area (Å²) >= 11 is 0. The fourth-order valence-electron chi connectivity index (χ4n) is 1.30. The van der Waals surface area contributed by atoms with E-state index < -0.39 is 47.0 Å². The van der Waals surface area contributed by atoms with Crippen LogP contribution < -0.4 is 0 Å². The molecule has 0 aliphatic carbocycles. The van der Waals surface area contributed by atoms with Crippen LogP contribution in [0, 0.1) is 17.5 Å². The molecule has 104 valence electrons. The lowest BCUT2D eigenvalue weighted by molar-refractivity contribution is -0.151. The average Bonchev–Trinajstić information content (AvgIpc) is 2.25. The zero-order chi connectivity index (χ0) is 14.7. The summed E-state index contributed by atoms with van der Waals surface area (Å²) in [5.74, 6) is -7.72. The van der Waals surface area contributed by atoms with Crippen molar-refractivity contribution >= 4 is 11.8 Å². The Morgan fingerprint density at radius 1 is 1.11 bits per heavy atom. The molecule has 0 bridgehead atoms. The first-order valence-corrected chi connectivity index (χ1v) is 5.27. The molecule has 1 aromatic carbocycles. The van der Waals surface area contributed by atoms with Crippen molar-refractivity contribution in [3.05, 3.63) is 35.1 Å². The lowest BCUT2D eigenvalue weighted by Gasteiger charge is -2.11. The van der Waals surface area contributed by atoms with Crippen LogP contribution in [-0.2, 0) is 9.53 Å². The number of rotatable bonds is 4. The summed E-state index contributed by atoms with van der Waals surface area (Å²) in [7, 11) is 0. The van der Waals surface area contributed by atoms with Gasteiger partial charge in [0.05, 0.1) is 11.7 Å². The van der Waals surface area contributed by atoms with E-state index in [-0.39, 0.29) is 12.1 Å². The predicted octanol–water partition coefficient (Wildman–Crippen LogP) is 2.58. The molecule has 0 N–H and O–H groups in total. The highest BCUT2D eigenvalue weighted by Gasteiger charge is 2.33. The number of ether oxygens (including phenoxy) is 1. The van der Waals surface area contributed by atoms with E-state index in [0.29, 0.717) is 0 Å². The van der Waals surface area contributed by atoms with Gasteiger partial charge in [-0.1, -0.05) is 0 Å². The van der Waals surface area contributed by atoms with Gasteiger partial charge in [-0.25, -0.2) is 22.4 Å². The SMILES string of the molecule is CC(C)OC(=O)C(F)C(=O)c1c(F)cc(F)cc1F. The minimum absolute atomic E-state index is 0.219. The van der Waals surface area contributed by atoms with Crippen LogP contribution in [0.15, 0.2) is 12.1 Å². The summed E-state index contributed by atoms with van der Waals surface area (Å²) < 4.78 is 56.9. The Morgan fingerprint density at radius 3 is 2.00 bits per heavy atom. The molecular formula is C12H10F4O3. The van der Waals surface area contributed by atoms with Gasteiger partial charge in [0, 0.05) is 12.1 Å². The van der Waals surface area contributed by atoms with Gasteiger partial charge in [0.15, 0.2) is 0 Å². The maximum atomic E-state index is 13.4. The van der Waals surface area contributed by atoms with E-state index in [1.165, 1.54) is 13.8 Å². The van der Waals surface area contributed by atoms with E-state index in [1.807, 2.05) is 0 Å². The molecule has 0 amide bonds. The second-order valence-electron chi connectivity index (χ2n) is 3.96. The van der Waals surface area contributed by atoms with E-state index >= 15 is 0 Å². The van der Waals surface area contributed by atoms with E-state index in [1.54, 1.807) is 0 Å². The summed E-state index contributed by atoms with van der Waals surface area (Å²) in [5, 5.41) is 0. The van der Waals surface area contributed by atoms with E-state index in [2.05, 4.69) is 4.74 Å². The summed E-state index contributed by atoms with van der Waals surface area (Å²) in [6, 6.07) is 0.438. The number of esters is 1. The number of halogens is 4. The molecular weight excluding hydrogens is 268 g/mol. The number of hydrogen-bond acceptors (Lipinski definition) is 3. The Kier molecular flexibility index (Phi) is 4.63. The van der Waals surface area contributed by atoms with Gasteiger partial charge in [-0.2, -0.15) is 0 Å². The standard InChI is InChI=1S/C12H10F4O3/c1-5(2)19-12(18)10(16)11(17)9-7(14)3-6(13)4-8(9)15/h3-5,10H,1-2H3. The summed E-state index contributed by atoms with van der Waals surface area (Å²) in [6.07, 6.45) is -3.56. The zero-order valence-electron chi connectivity index (χ0n) is 10.0. The Morgan fingerprint density at radius 2 is 1.58 bits per heavy atom. The van der Waals surface area contributed by atoms with Crippen LogP contribution in [0.1, 0.15) is 24.2 Å². The van der Waals surface area contributed by atoms with Crippen LogP contribution in [0.25, 0.3) is 0 Å². The van der Waals surface area contributed by atoms with Gasteiger partial charge in [-0.15, -0.1) is 0 Å². The third-order valence-corrected chi connectivity index (χ3v) is 2.04. The quantitative estimate of drug-likeness (QED) is 0.368. The average molecular weight is 278 g/mol. The number of benzene rings is 1. The van der Waals surface area contributed by atoms with Crippen LogP contribution in [0.5, 0.6) is 0 Å². The van der Waals surface area contributed by atoms with Crippen LogP contribution >= 0.6 is 0 Å². The Hall–Kier alpha value is -1.92. The maximum absolute atomic E-state index is 13.4. The van der Waals surface area contributed by atoms with Gasteiger partial charge in [0.2, 0.25) is 5.78 Å². The fourth-order valence-corrected chi connectivity index (χ4v) is 1.30. The maximum Gasteiger partial charge on any atom is 0.349 e. The highest BCUT2D eigenvalue weighted by Crippen LogP contribution is 2.18. The van der Waals surface area contributed by atoms with Gasteiger partial charge in [-0.05, 0) is 13.8 Å². The number of carbonyl (C=O) groups is 2. The number of carbonyl (C=O) groups excluding carboxylic acids is 2. The first-order valence-electron chi connectivity index (χ1n) is 5.27.